The summed E-state index contributed by atoms with van der Waals surface area (Å²) in [6.07, 6.45) is -0.130. The maximum absolute atomic E-state index is 5.67. The van der Waals surface area contributed by atoms with Crippen LogP contribution in [0.25, 0.3) is 0 Å². The summed E-state index contributed by atoms with van der Waals surface area (Å²) < 4.78 is 21.6. The molecule has 5 heteroatoms. The van der Waals surface area contributed by atoms with E-state index in [4.69, 9.17) is 24.7 Å². The standard InChI is InChI=1S/C11H15NO4/c1-13-7-3-9(14-2)11-10(4-7)15-6-8(5-12)16-11/h3-4,8H,5-6,12H2,1-2H3. The van der Waals surface area contributed by atoms with Crippen LogP contribution in [-0.2, 0) is 0 Å². The van der Waals surface area contributed by atoms with Crippen LogP contribution in [0.1, 0.15) is 0 Å². The lowest BCUT2D eigenvalue weighted by molar-refractivity contribution is 0.0922. The van der Waals surface area contributed by atoms with Crippen molar-refractivity contribution in [3.05, 3.63) is 12.1 Å². The zero-order chi connectivity index (χ0) is 11.5. The normalized spacial score (nSPS) is 18.1. The number of methoxy groups -OCH3 is 2. The van der Waals surface area contributed by atoms with Crippen molar-refractivity contribution in [2.24, 2.45) is 5.73 Å². The minimum absolute atomic E-state index is 0.130. The Balaban J connectivity index is 2.38. The van der Waals surface area contributed by atoms with Gasteiger partial charge in [-0.1, -0.05) is 0 Å². The van der Waals surface area contributed by atoms with Gasteiger partial charge < -0.3 is 24.7 Å². The molecule has 0 fully saturated rings. The molecule has 0 radical (unpaired) electrons. The fourth-order valence-electron chi connectivity index (χ4n) is 1.55. The fraction of sp³-hybridized carbons (Fsp3) is 0.455. The van der Waals surface area contributed by atoms with Crippen LogP contribution in [0.3, 0.4) is 0 Å². The van der Waals surface area contributed by atoms with Crippen LogP contribution in [0.5, 0.6) is 23.0 Å². The third-order valence-electron chi connectivity index (χ3n) is 2.42. The topological polar surface area (TPSA) is 62.9 Å². The highest BCUT2D eigenvalue weighted by molar-refractivity contribution is 5.56. The number of rotatable bonds is 3. The Kier molecular flexibility index (Phi) is 3.05. The summed E-state index contributed by atoms with van der Waals surface area (Å²) in [5, 5.41) is 0. The van der Waals surface area contributed by atoms with E-state index in [1.54, 1.807) is 26.4 Å². The first-order valence-electron chi connectivity index (χ1n) is 5.04. The van der Waals surface area contributed by atoms with Crippen molar-refractivity contribution in [1.29, 1.82) is 0 Å². The van der Waals surface area contributed by atoms with Gasteiger partial charge in [-0.2, -0.15) is 0 Å². The molecule has 0 saturated carbocycles. The van der Waals surface area contributed by atoms with Crippen LogP contribution in [-0.4, -0.2) is 33.5 Å². The van der Waals surface area contributed by atoms with Crippen molar-refractivity contribution >= 4 is 0 Å². The lowest BCUT2D eigenvalue weighted by atomic mass is 10.2. The third kappa shape index (κ3) is 1.86. The van der Waals surface area contributed by atoms with E-state index in [9.17, 15) is 0 Å². The van der Waals surface area contributed by atoms with Crippen molar-refractivity contribution in [3.8, 4) is 23.0 Å². The summed E-state index contributed by atoms with van der Waals surface area (Å²) in [6, 6.07) is 3.52. The van der Waals surface area contributed by atoms with E-state index in [-0.39, 0.29) is 6.10 Å². The summed E-state index contributed by atoms with van der Waals surface area (Å²) in [5.41, 5.74) is 5.54. The molecule has 5 nitrogen and oxygen atoms in total. The zero-order valence-corrected chi connectivity index (χ0v) is 9.36. The molecule has 1 aromatic rings. The minimum atomic E-state index is -0.130. The summed E-state index contributed by atoms with van der Waals surface area (Å²) in [5.74, 6) is 2.48. The van der Waals surface area contributed by atoms with Gasteiger partial charge in [0.05, 0.1) is 14.2 Å². The van der Waals surface area contributed by atoms with Crippen LogP contribution in [0.15, 0.2) is 12.1 Å². The summed E-state index contributed by atoms with van der Waals surface area (Å²) >= 11 is 0. The molecule has 0 bridgehead atoms. The van der Waals surface area contributed by atoms with Crippen LogP contribution in [0.2, 0.25) is 0 Å². The maximum Gasteiger partial charge on any atom is 0.204 e. The first kappa shape index (κ1) is 10.9. The van der Waals surface area contributed by atoms with Gasteiger partial charge in [0.25, 0.3) is 0 Å². The molecule has 1 unspecified atom stereocenters. The van der Waals surface area contributed by atoms with Gasteiger partial charge in [-0.15, -0.1) is 0 Å². The predicted molar refractivity (Wildman–Crippen MR) is 58.5 cm³/mol. The molecule has 1 atom stereocenters. The molecule has 16 heavy (non-hydrogen) atoms. The summed E-state index contributed by atoms with van der Waals surface area (Å²) in [7, 11) is 3.16. The molecule has 0 aromatic heterocycles. The Bertz CT molecular complexity index is 363. The fourth-order valence-corrected chi connectivity index (χ4v) is 1.55. The van der Waals surface area contributed by atoms with Crippen molar-refractivity contribution in [2.75, 3.05) is 27.4 Å². The number of ether oxygens (including phenoxy) is 4. The van der Waals surface area contributed by atoms with Gasteiger partial charge in [0.2, 0.25) is 5.75 Å². The first-order chi connectivity index (χ1) is 7.78. The van der Waals surface area contributed by atoms with Crippen LogP contribution in [0, 0.1) is 0 Å². The van der Waals surface area contributed by atoms with Crippen LogP contribution >= 0.6 is 0 Å². The van der Waals surface area contributed by atoms with Crippen molar-refractivity contribution in [3.63, 3.8) is 0 Å². The number of hydrogen-bond donors (Lipinski definition) is 1. The van der Waals surface area contributed by atoms with Crippen molar-refractivity contribution < 1.29 is 18.9 Å². The Labute approximate surface area is 94.0 Å². The van der Waals surface area contributed by atoms with Gasteiger partial charge in [-0.05, 0) is 0 Å². The third-order valence-corrected chi connectivity index (χ3v) is 2.42. The average Bonchev–Trinajstić information content (AvgIpc) is 2.36. The highest BCUT2D eigenvalue weighted by Gasteiger charge is 2.24. The van der Waals surface area contributed by atoms with Gasteiger partial charge in [0.1, 0.15) is 18.5 Å². The van der Waals surface area contributed by atoms with Crippen molar-refractivity contribution in [2.45, 2.75) is 6.10 Å². The molecule has 88 valence electrons. The molecule has 0 saturated heterocycles. The second kappa shape index (κ2) is 4.49. The average molecular weight is 225 g/mol. The lowest BCUT2D eigenvalue weighted by Crippen LogP contribution is -2.35. The highest BCUT2D eigenvalue weighted by atomic mass is 16.6. The second-order valence-corrected chi connectivity index (χ2v) is 3.44. The molecular weight excluding hydrogens is 210 g/mol. The maximum atomic E-state index is 5.67. The monoisotopic (exact) mass is 225 g/mol. The SMILES string of the molecule is COc1cc(OC)c2c(c1)OCC(CN)O2. The van der Waals surface area contributed by atoms with Gasteiger partial charge >= 0.3 is 0 Å². The molecule has 1 aliphatic heterocycles. The second-order valence-electron chi connectivity index (χ2n) is 3.44. The minimum Gasteiger partial charge on any atom is -0.496 e. The van der Waals surface area contributed by atoms with E-state index in [2.05, 4.69) is 0 Å². The molecule has 0 amide bonds. The van der Waals surface area contributed by atoms with Gasteiger partial charge in [0.15, 0.2) is 11.5 Å². The Morgan fingerprint density at radius 1 is 1.38 bits per heavy atom. The van der Waals surface area contributed by atoms with E-state index < -0.39 is 0 Å². The van der Waals surface area contributed by atoms with Gasteiger partial charge in [-0.25, -0.2) is 0 Å². The van der Waals surface area contributed by atoms with Crippen LogP contribution < -0.4 is 24.7 Å². The smallest absolute Gasteiger partial charge is 0.204 e. The van der Waals surface area contributed by atoms with E-state index >= 15 is 0 Å². The number of hydrogen-bond acceptors (Lipinski definition) is 5. The number of fused-ring (bicyclic) bond motifs is 1. The molecule has 1 aliphatic rings. The van der Waals surface area contributed by atoms with E-state index in [0.29, 0.717) is 36.1 Å². The predicted octanol–water partition coefficient (Wildman–Crippen LogP) is 0.802. The lowest BCUT2D eigenvalue weighted by Gasteiger charge is -2.27. The molecule has 0 aliphatic carbocycles. The summed E-state index contributed by atoms with van der Waals surface area (Å²) in [4.78, 5) is 0. The molecular formula is C11H15NO4. The van der Waals surface area contributed by atoms with Gasteiger partial charge in [0, 0.05) is 18.7 Å². The van der Waals surface area contributed by atoms with E-state index in [0.717, 1.165) is 0 Å². The molecule has 2 N–H and O–H groups in total. The number of benzene rings is 1. The number of nitrogens with two attached hydrogens (primary N) is 1. The zero-order valence-electron chi connectivity index (χ0n) is 9.36. The summed E-state index contributed by atoms with van der Waals surface area (Å²) in [6.45, 7) is 0.856. The molecule has 1 heterocycles. The van der Waals surface area contributed by atoms with Crippen LogP contribution in [0.4, 0.5) is 0 Å². The van der Waals surface area contributed by atoms with Gasteiger partial charge in [-0.3, -0.25) is 0 Å². The van der Waals surface area contributed by atoms with Crippen molar-refractivity contribution in [1.82, 2.24) is 0 Å². The Morgan fingerprint density at radius 3 is 2.81 bits per heavy atom. The molecule has 0 spiro atoms. The van der Waals surface area contributed by atoms with E-state index in [1.165, 1.54) is 0 Å². The Hall–Kier alpha value is -1.62. The highest BCUT2D eigenvalue weighted by Crippen LogP contribution is 2.43. The molecule has 2 rings (SSSR count). The van der Waals surface area contributed by atoms with E-state index in [1.807, 2.05) is 0 Å². The quantitative estimate of drug-likeness (QED) is 0.824. The largest absolute Gasteiger partial charge is 0.496 e. The first-order valence-corrected chi connectivity index (χ1v) is 5.04. The molecule has 1 aromatic carbocycles. The Morgan fingerprint density at radius 2 is 2.19 bits per heavy atom.